The molecular weight excluding hydrogens is 332 g/mol. The van der Waals surface area contributed by atoms with Gasteiger partial charge in [0, 0.05) is 5.69 Å². The van der Waals surface area contributed by atoms with Crippen LogP contribution in [0.25, 0.3) is 0 Å². The molecule has 0 amide bonds. The normalized spacial score (nSPS) is 10.7. The van der Waals surface area contributed by atoms with Gasteiger partial charge in [-0.25, -0.2) is 8.78 Å². The minimum Gasteiger partial charge on any atom is -0.487 e. The summed E-state index contributed by atoms with van der Waals surface area (Å²) in [7, 11) is 0. The van der Waals surface area contributed by atoms with E-state index in [0.717, 1.165) is 11.8 Å². The van der Waals surface area contributed by atoms with Crippen LogP contribution in [0.1, 0.15) is 17.0 Å². The van der Waals surface area contributed by atoms with Crippen molar-refractivity contribution in [1.82, 2.24) is 4.98 Å². The second kappa shape index (κ2) is 6.28. The van der Waals surface area contributed by atoms with Gasteiger partial charge in [-0.2, -0.15) is 0 Å². The lowest BCUT2D eigenvalue weighted by atomic mass is 10.2. The zero-order chi connectivity index (χ0) is 14.7. The van der Waals surface area contributed by atoms with E-state index >= 15 is 0 Å². The van der Waals surface area contributed by atoms with Crippen LogP contribution in [0.4, 0.5) is 8.78 Å². The van der Waals surface area contributed by atoms with Crippen molar-refractivity contribution < 1.29 is 18.6 Å². The van der Waals surface area contributed by atoms with Crippen molar-refractivity contribution in [2.45, 2.75) is 20.1 Å². The monoisotopic (exact) mass is 343 g/mol. The Morgan fingerprint density at radius 1 is 1.25 bits per heavy atom. The molecule has 0 unspecified atom stereocenters. The van der Waals surface area contributed by atoms with Crippen molar-refractivity contribution in [3.8, 4) is 5.75 Å². The summed E-state index contributed by atoms with van der Waals surface area (Å²) in [6, 6.07) is 5.76. The van der Waals surface area contributed by atoms with Gasteiger partial charge < -0.3 is 9.84 Å². The maximum atomic E-state index is 13.8. The predicted molar refractivity (Wildman–Crippen MR) is 73.3 cm³/mol. The third-order valence-electron chi connectivity index (χ3n) is 2.73. The van der Waals surface area contributed by atoms with E-state index in [2.05, 4.69) is 20.9 Å². The fourth-order valence-corrected chi connectivity index (χ4v) is 2.07. The van der Waals surface area contributed by atoms with Gasteiger partial charge in [0.2, 0.25) is 0 Å². The van der Waals surface area contributed by atoms with Gasteiger partial charge in [0.05, 0.1) is 16.6 Å². The first kappa shape index (κ1) is 14.9. The number of aryl methyl sites for hydroxylation is 1. The number of rotatable bonds is 4. The summed E-state index contributed by atoms with van der Waals surface area (Å²) < 4.78 is 32.9. The van der Waals surface area contributed by atoms with Gasteiger partial charge in [0.15, 0.2) is 0 Å². The van der Waals surface area contributed by atoms with Gasteiger partial charge >= 0.3 is 0 Å². The second-order valence-corrected chi connectivity index (χ2v) is 5.02. The van der Waals surface area contributed by atoms with E-state index in [4.69, 9.17) is 4.74 Å². The van der Waals surface area contributed by atoms with Crippen molar-refractivity contribution in [2.75, 3.05) is 0 Å². The van der Waals surface area contributed by atoms with E-state index in [9.17, 15) is 13.9 Å². The van der Waals surface area contributed by atoms with Crippen molar-refractivity contribution in [2.24, 2.45) is 0 Å². The number of hydrogen-bond donors (Lipinski definition) is 1. The lowest BCUT2D eigenvalue weighted by Crippen LogP contribution is -2.05. The molecule has 0 fully saturated rings. The van der Waals surface area contributed by atoms with Crippen LogP contribution in [0.15, 0.2) is 28.7 Å². The number of pyridine rings is 1. The maximum Gasteiger partial charge on any atom is 0.146 e. The van der Waals surface area contributed by atoms with Crippen LogP contribution in [-0.2, 0) is 13.2 Å². The molecule has 0 saturated carbocycles. The first-order chi connectivity index (χ1) is 9.52. The Morgan fingerprint density at radius 3 is 2.70 bits per heavy atom. The minimum atomic E-state index is -0.699. The molecule has 2 aromatic rings. The molecule has 106 valence electrons. The smallest absolute Gasteiger partial charge is 0.146 e. The van der Waals surface area contributed by atoms with Crippen molar-refractivity contribution in [1.29, 1.82) is 0 Å². The van der Waals surface area contributed by atoms with Crippen molar-refractivity contribution in [3.05, 3.63) is 57.3 Å². The van der Waals surface area contributed by atoms with Gasteiger partial charge in [-0.1, -0.05) is 0 Å². The SMILES string of the molecule is Cc1ccc(OCc2c(F)ccc(Br)c2F)c(CO)n1. The first-order valence-corrected chi connectivity index (χ1v) is 6.64. The molecule has 2 rings (SSSR count). The number of ether oxygens (including phenoxy) is 1. The van der Waals surface area contributed by atoms with E-state index in [0.29, 0.717) is 11.4 Å². The van der Waals surface area contributed by atoms with Crippen LogP contribution in [0.5, 0.6) is 5.75 Å². The Kier molecular flexibility index (Phi) is 4.67. The van der Waals surface area contributed by atoms with E-state index < -0.39 is 11.6 Å². The number of aromatic nitrogens is 1. The van der Waals surface area contributed by atoms with Gasteiger partial charge in [-0.15, -0.1) is 0 Å². The van der Waals surface area contributed by atoms with Crippen molar-refractivity contribution in [3.63, 3.8) is 0 Å². The molecule has 1 N–H and O–H groups in total. The van der Waals surface area contributed by atoms with Gasteiger partial charge in [-0.05, 0) is 47.1 Å². The number of nitrogens with zero attached hydrogens (tertiary/aromatic N) is 1. The summed E-state index contributed by atoms with van der Waals surface area (Å²) in [6.45, 7) is 1.19. The molecule has 1 aromatic heterocycles. The van der Waals surface area contributed by atoms with E-state index in [-0.39, 0.29) is 23.2 Å². The highest BCUT2D eigenvalue weighted by Gasteiger charge is 2.14. The lowest BCUT2D eigenvalue weighted by Gasteiger charge is -2.11. The van der Waals surface area contributed by atoms with Crippen LogP contribution in [-0.4, -0.2) is 10.1 Å². The van der Waals surface area contributed by atoms with Gasteiger partial charge in [0.25, 0.3) is 0 Å². The molecule has 0 saturated heterocycles. The Labute approximate surface area is 123 Å². The summed E-state index contributed by atoms with van der Waals surface area (Å²) in [6.07, 6.45) is 0. The third kappa shape index (κ3) is 3.13. The number of aliphatic hydroxyl groups is 1. The minimum absolute atomic E-state index is 0.168. The number of benzene rings is 1. The summed E-state index contributed by atoms with van der Waals surface area (Å²) in [5.41, 5.74) is 0.880. The Hall–Kier alpha value is -1.53. The zero-order valence-corrected chi connectivity index (χ0v) is 12.2. The molecule has 3 nitrogen and oxygen atoms in total. The molecule has 0 aliphatic heterocycles. The highest BCUT2D eigenvalue weighted by Crippen LogP contribution is 2.24. The molecule has 0 bridgehead atoms. The molecule has 0 radical (unpaired) electrons. The molecule has 1 aromatic carbocycles. The van der Waals surface area contributed by atoms with Crippen LogP contribution in [0.2, 0.25) is 0 Å². The van der Waals surface area contributed by atoms with E-state index in [1.54, 1.807) is 19.1 Å². The molecule has 0 aliphatic rings. The standard InChI is InChI=1S/C14H12BrF2NO2/c1-8-2-5-13(12(6-19)18-8)20-7-9-11(16)4-3-10(15)14(9)17/h2-5,19H,6-7H2,1H3. The average molecular weight is 344 g/mol. The van der Waals surface area contributed by atoms with E-state index in [1.165, 1.54) is 6.07 Å². The number of hydrogen-bond acceptors (Lipinski definition) is 3. The van der Waals surface area contributed by atoms with Crippen LogP contribution in [0.3, 0.4) is 0 Å². The van der Waals surface area contributed by atoms with E-state index in [1.807, 2.05) is 0 Å². The number of halogens is 3. The van der Waals surface area contributed by atoms with Gasteiger partial charge in [-0.3, -0.25) is 4.98 Å². The second-order valence-electron chi connectivity index (χ2n) is 4.17. The Morgan fingerprint density at radius 2 is 2.00 bits per heavy atom. The Balaban J connectivity index is 2.23. The summed E-state index contributed by atoms with van der Waals surface area (Å²) in [4.78, 5) is 4.09. The Bertz CT molecular complexity index is 635. The molecule has 0 spiro atoms. The third-order valence-corrected chi connectivity index (χ3v) is 3.34. The quantitative estimate of drug-likeness (QED) is 0.864. The fourth-order valence-electron chi connectivity index (χ4n) is 1.69. The first-order valence-electron chi connectivity index (χ1n) is 5.85. The van der Waals surface area contributed by atoms with Crippen molar-refractivity contribution >= 4 is 15.9 Å². The molecule has 0 aliphatic carbocycles. The summed E-state index contributed by atoms with van der Waals surface area (Å²) in [5.74, 6) is -1.08. The molecule has 6 heteroatoms. The largest absolute Gasteiger partial charge is 0.487 e. The zero-order valence-electron chi connectivity index (χ0n) is 10.7. The highest BCUT2D eigenvalue weighted by atomic mass is 79.9. The highest BCUT2D eigenvalue weighted by molar-refractivity contribution is 9.10. The van der Waals surface area contributed by atoms with Crippen LogP contribution < -0.4 is 4.74 Å². The van der Waals surface area contributed by atoms with Crippen LogP contribution >= 0.6 is 15.9 Å². The molecular formula is C14H12BrF2NO2. The summed E-state index contributed by atoms with van der Waals surface area (Å²) in [5, 5.41) is 9.20. The van der Waals surface area contributed by atoms with Gasteiger partial charge in [0.1, 0.15) is 29.7 Å². The molecule has 1 heterocycles. The average Bonchev–Trinajstić information content (AvgIpc) is 2.44. The number of aliphatic hydroxyl groups excluding tert-OH is 1. The van der Waals surface area contributed by atoms with Crippen LogP contribution in [0, 0.1) is 18.6 Å². The predicted octanol–water partition coefficient (Wildman–Crippen LogP) is 3.50. The lowest BCUT2D eigenvalue weighted by molar-refractivity contribution is 0.249. The fraction of sp³-hybridized carbons (Fsp3) is 0.214. The topological polar surface area (TPSA) is 42.4 Å². The molecule has 20 heavy (non-hydrogen) atoms. The molecule has 0 atom stereocenters. The maximum absolute atomic E-state index is 13.8. The summed E-state index contributed by atoms with van der Waals surface area (Å²) >= 11 is 2.99.